The molecule has 1 atom stereocenters. The van der Waals surface area contributed by atoms with Crippen molar-refractivity contribution in [1.29, 1.82) is 0 Å². The first kappa shape index (κ1) is 27.8. The molecule has 0 aliphatic rings. The first-order valence-electron chi connectivity index (χ1n) is 9.23. The summed E-state index contributed by atoms with van der Waals surface area (Å²) in [5.74, 6) is 0.481. The molecule has 0 amide bonds. The molecule has 0 aromatic carbocycles. The lowest BCUT2D eigenvalue weighted by molar-refractivity contribution is 0.0945. The van der Waals surface area contributed by atoms with Crippen molar-refractivity contribution in [2.75, 3.05) is 6.61 Å². The van der Waals surface area contributed by atoms with E-state index in [0.29, 0.717) is 12.5 Å². The third-order valence-corrected chi connectivity index (χ3v) is 5.02. The molecule has 0 aromatic heterocycles. The van der Waals surface area contributed by atoms with Crippen molar-refractivity contribution in [3.8, 4) is 0 Å². The highest BCUT2D eigenvalue weighted by molar-refractivity contribution is 7.41. The Kier molecular flexibility index (Phi) is 20.0. The Labute approximate surface area is 157 Å². The summed E-state index contributed by atoms with van der Waals surface area (Å²) in [6, 6.07) is 0. The lowest BCUT2D eigenvalue weighted by Crippen LogP contribution is -2.09. The molecule has 0 aromatic rings. The number of unbranched alkanes of at least 4 members (excludes halogenated alkanes) is 1. The van der Waals surface area contributed by atoms with Crippen molar-refractivity contribution in [3.63, 3.8) is 0 Å². The van der Waals surface area contributed by atoms with Crippen LogP contribution in [0.5, 0.6) is 0 Å². The summed E-state index contributed by atoms with van der Waals surface area (Å²) in [5, 5.41) is 0. The fourth-order valence-corrected chi connectivity index (χ4v) is 3.19. The maximum absolute atomic E-state index is 8.52. The molecule has 25 heavy (non-hydrogen) atoms. The van der Waals surface area contributed by atoms with Gasteiger partial charge in [-0.2, -0.15) is 0 Å². The maximum atomic E-state index is 8.52. The van der Waals surface area contributed by atoms with Gasteiger partial charge in [0, 0.05) is 0 Å². The molecule has 6 nitrogen and oxygen atoms in total. The van der Waals surface area contributed by atoms with E-state index in [1.54, 1.807) is 0 Å². The third-order valence-electron chi connectivity index (χ3n) is 2.86. The largest absolute Gasteiger partial charge is 0.333 e. The summed E-state index contributed by atoms with van der Waals surface area (Å²) in [7, 11) is -3.33. The van der Waals surface area contributed by atoms with Gasteiger partial charge in [0.2, 0.25) is 0 Å². The van der Waals surface area contributed by atoms with Gasteiger partial charge in [-0.05, 0) is 53.9 Å². The van der Waals surface area contributed by atoms with E-state index in [1.165, 1.54) is 12.8 Å². The molecule has 0 rings (SSSR count). The molecule has 0 saturated heterocycles. The second kappa shape index (κ2) is 18.0. The molecule has 1 unspecified atom stereocenters. The Hall–Kier alpha value is 0.620. The van der Waals surface area contributed by atoms with Crippen LogP contribution in [0.25, 0.3) is 0 Å². The van der Waals surface area contributed by atoms with Crippen molar-refractivity contribution in [3.05, 3.63) is 0 Å². The summed E-state index contributed by atoms with van der Waals surface area (Å²) in [4.78, 5) is 17.0. The van der Waals surface area contributed by atoms with Gasteiger partial charge in [-0.15, -0.1) is 0 Å². The van der Waals surface area contributed by atoms with E-state index in [0.717, 1.165) is 12.8 Å². The average Bonchev–Trinajstić information content (AvgIpc) is 2.45. The van der Waals surface area contributed by atoms with Crippen LogP contribution in [0.3, 0.4) is 0 Å². The van der Waals surface area contributed by atoms with E-state index in [-0.39, 0.29) is 18.3 Å². The lowest BCUT2D eigenvalue weighted by Gasteiger charge is -2.22. The quantitative estimate of drug-likeness (QED) is 0.372. The SMILES string of the molecule is CC(C)OP(OC(C)C)OC(C)C.CCCCC(CC)COP(O)O. The highest BCUT2D eigenvalue weighted by Crippen LogP contribution is 2.43. The van der Waals surface area contributed by atoms with Crippen LogP contribution >= 0.6 is 17.2 Å². The summed E-state index contributed by atoms with van der Waals surface area (Å²) in [6.07, 6.45) is 4.97. The van der Waals surface area contributed by atoms with Gasteiger partial charge < -0.3 is 27.9 Å². The molecule has 154 valence electrons. The number of hydrogen-bond acceptors (Lipinski definition) is 6. The summed E-state index contributed by atoms with van der Waals surface area (Å²) >= 11 is 0. The zero-order valence-electron chi connectivity index (χ0n) is 17.3. The fraction of sp³-hybridized carbons (Fsp3) is 1.00. The summed E-state index contributed by atoms with van der Waals surface area (Å²) in [6.45, 7) is 16.6. The second-order valence-electron chi connectivity index (χ2n) is 6.65. The molecule has 0 saturated carbocycles. The Morgan fingerprint density at radius 3 is 1.52 bits per heavy atom. The van der Waals surface area contributed by atoms with Gasteiger partial charge in [0.15, 0.2) is 0 Å². The first-order valence-corrected chi connectivity index (χ1v) is 11.5. The van der Waals surface area contributed by atoms with Gasteiger partial charge in [0.05, 0.1) is 24.9 Å². The van der Waals surface area contributed by atoms with Crippen LogP contribution in [0.1, 0.15) is 81.1 Å². The highest BCUT2D eigenvalue weighted by atomic mass is 31.2. The molecule has 0 aliphatic heterocycles. The zero-order chi connectivity index (χ0) is 19.8. The molecule has 8 heteroatoms. The molecular formula is C17H40O6P2. The molecule has 0 spiro atoms. The summed E-state index contributed by atoms with van der Waals surface area (Å²) in [5.41, 5.74) is 0. The van der Waals surface area contributed by atoms with Crippen LogP contribution in [0, 0.1) is 5.92 Å². The minimum Gasteiger partial charge on any atom is -0.328 e. The topological polar surface area (TPSA) is 77.4 Å². The van der Waals surface area contributed by atoms with Crippen LogP contribution in [0.15, 0.2) is 0 Å². The van der Waals surface area contributed by atoms with Crippen LogP contribution in [0.2, 0.25) is 0 Å². The number of rotatable bonds is 13. The first-order chi connectivity index (χ1) is 11.6. The zero-order valence-corrected chi connectivity index (χ0v) is 19.1. The van der Waals surface area contributed by atoms with E-state index in [1.807, 2.05) is 41.5 Å². The molecule has 0 heterocycles. The predicted molar refractivity (Wildman–Crippen MR) is 106 cm³/mol. The Balaban J connectivity index is 0. The van der Waals surface area contributed by atoms with E-state index in [4.69, 9.17) is 27.9 Å². The van der Waals surface area contributed by atoms with Crippen molar-refractivity contribution < 1.29 is 27.9 Å². The molecule has 2 N–H and O–H groups in total. The Morgan fingerprint density at radius 1 is 0.800 bits per heavy atom. The molecule has 0 fully saturated rings. The number of hydrogen-bond donors (Lipinski definition) is 2. The van der Waals surface area contributed by atoms with Crippen molar-refractivity contribution in [2.24, 2.45) is 5.92 Å². The van der Waals surface area contributed by atoms with E-state index < -0.39 is 17.2 Å². The minimum atomic E-state index is -2.15. The normalized spacial score (nSPS) is 13.1. The Morgan fingerprint density at radius 2 is 1.24 bits per heavy atom. The molecule has 0 bridgehead atoms. The van der Waals surface area contributed by atoms with Gasteiger partial charge >= 0.3 is 17.2 Å². The van der Waals surface area contributed by atoms with Crippen molar-refractivity contribution >= 4 is 17.2 Å². The van der Waals surface area contributed by atoms with Gasteiger partial charge in [-0.1, -0.05) is 33.1 Å². The van der Waals surface area contributed by atoms with Gasteiger partial charge in [-0.25, -0.2) is 0 Å². The average molecular weight is 402 g/mol. The van der Waals surface area contributed by atoms with E-state index >= 15 is 0 Å². The van der Waals surface area contributed by atoms with Gasteiger partial charge in [-0.3, -0.25) is 0 Å². The lowest BCUT2D eigenvalue weighted by atomic mass is 10.0. The van der Waals surface area contributed by atoms with Crippen LogP contribution in [-0.2, 0) is 18.1 Å². The van der Waals surface area contributed by atoms with Gasteiger partial charge in [0.1, 0.15) is 0 Å². The van der Waals surface area contributed by atoms with Crippen molar-refractivity contribution in [1.82, 2.24) is 0 Å². The Bertz CT molecular complexity index is 254. The smallest absolute Gasteiger partial charge is 0.328 e. The standard InChI is InChI=1S/C9H21O3P.C8H19O3P/c1-7(2)10-13(11-8(3)4)12-9(5)6;1-3-5-6-8(4-2)7-11-12(9)10/h7-9H,1-6H3;8-10H,3-7H2,1-2H3. The molecule has 0 aliphatic carbocycles. The molecular weight excluding hydrogens is 362 g/mol. The summed E-state index contributed by atoms with van der Waals surface area (Å²) < 4.78 is 21.2. The highest BCUT2D eigenvalue weighted by Gasteiger charge is 2.17. The maximum Gasteiger partial charge on any atom is 0.333 e. The van der Waals surface area contributed by atoms with E-state index in [9.17, 15) is 0 Å². The predicted octanol–water partition coefficient (Wildman–Crippen LogP) is 5.92. The fourth-order valence-electron chi connectivity index (χ4n) is 1.66. The van der Waals surface area contributed by atoms with Gasteiger partial charge in [0.25, 0.3) is 0 Å². The van der Waals surface area contributed by atoms with E-state index in [2.05, 4.69) is 13.8 Å². The van der Waals surface area contributed by atoms with Crippen LogP contribution < -0.4 is 0 Å². The van der Waals surface area contributed by atoms with Crippen LogP contribution in [0.4, 0.5) is 0 Å². The second-order valence-corrected chi connectivity index (χ2v) is 8.49. The monoisotopic (exact) mass is 402 g/mol. The molecule has 0 radical (unpaired) electrons. The third kappa shape index (κ3) is 22.6. The van der Waals surface area contributed by atoms with Crippen LogP contribution in [-0.4, -0.2) is 34.7 Å². The van der Waals surface area contributed by atoms with Crippen molar-refractivity contribution in [2.45, 2.75) is 99.4 Å². The minimum absolute atomic E-state index is 0.142.